The van der Waals surface area contributed by atoms with Gasteiger partial charge < -0.3 is 5.11 Å². The van der Waals surface area contributed by atoms with E-state index in [0.717, 1.165) is 24.0 Å². The van der Waals surface area contributed by atoms with Gasteiger partial charge in [0.25, 0.3) is 0 Å². The smallest absolute Gasteiger partial charge is 0.117 e. The van der Waals surface area contributed by atoms with Gasteiger partial charge in [0.1, 0.15) is 5.60 Å². The topological polar surface area (TPSA) is 20.2 Å². The van der Waals surface area contributed by atoms with Crippen LogP contribution in [0.15, 0.2) is 48.5 Å². The van der Waals surface area contributed by atoms with E-state index in [1.54, 1.807) is 0 Å². The van der Waals surface area contributed by atoms with Crippen molar-refractivity contribution in [1.29, 1.82) is 0 Å². The molecule has 1 aliphatic rings. The van der Waals surface area contributed by atoms with Crippen LogP contribution in [0.5, 0.6) is 0 Å². The zero-order chi connectivity index (χ0) is 15.6. The minimum absolute atomic E-state index is 0.226. The van der Waals surface area contributed by atoms with E-state index in [9.17, 15) is 5.11 Å². The van der Waals surface area contributed by atoms with Crippen molar-refractivity contribution in [2.75, 3.05) is 0 Å². The summed E-state index contributed by atoms with van der Waals surface area (Å²) in [6.45, 7) is 0. The summed E-state index contributed by atoms with van der Waals surface area (Å²) in [6.07, 6.45) is 5.69. The molecule has 0 saturated heterocycles. The zero-order valence-electron chi connectivity index (χ0n) is 12.4. The molecular weight excluding hydrogens is 315 g/mol. The van der Waals surface area contributed by atoms with E-state index in [0.29, 0.717) is 10.0 Å². The predicted octanol–water partition coefficient (Wildman–Crippen LogP) is 5.81. The molecule has 1 fully saturated rings. The summed E-state index contributed by atoms with van der Waals surface area (Å²) in [5.41, 5.74) is 0.840. The Labute approximate surface area is 141 Å². The quantitative estimate of drug-likeness (QED) is 0.750. The molecule has 0 amide bonds. The largest absolute Gasteiger partial charge is 0.380 e. The van der Waals surface area contributed by atoms with E-state index in [-0.39, 0.29) is 5.92 Å². The van der Waals surface area contributed by atoms with E-state index in [1.165, 1.54) is 19.3 Å². The molecular formula is C19H20Cl2O. The van der Waals surface area contributed by atoms with Crippen molar-refractivity contribution in [2.24, 2.45) is 5.92 Å². The number of hydrogen-bond acceptors (Lipinski definition) is 1. The summed E-state index contributed by atoms with van der Waals surface area (Å²) >= 11 is 12.0. The Balaban J connectivity index is 2.08. The van der Waals surface area contributed by atoms with Crippen molar-refractivity contribution in [1.82, 2.24) is 0 Å². The molecule has 2 aromatic rings. The van der Waals surface area contributed by atoms with Crippen LogP contribution in [0.4, 0.5) is 0 Å². The standard InChI is InChI=1S/C19H20Cl2O/c20-17-10-6-15(7-11-17)19(22,14-4-2-1-3-5-14)16-8-12-18(21)13-9-16/h6-14,22H,1-5H2. The third-order valence-corrected chi connectivity index (χ3v) is 5.27. The third-order valence-electron chi connectivity index (χ3n) is 4.76. The molecule has 0 aliphatic heterocycles. The maximum atomic E-state index is 11.7. The average Bonchev–Trinajstić information content (AvgIpc) is 2.56. The first-order valence-electron chi connectivity index (χ1n) is 7.85. The fourth-order valence-electron chi connectivity index (χ4n) is 3.57. The molecule has 0 heterocycles. The molecule has 116 valence electrons. The van der Waals surface area contributed by atoms with E-state index < -0.39 is 5.60 Å². The summed E-state index contributed by atoms with van der Waals surface area (Å²) in [7, 11) is 0. The Morgan fingerprint density at radius 1 is 0.727 bits per heavy atom. The summed E-state index contributed by atoms with van der Waals surface area (Å²) in [6, 6.07) is 15.1. The highest BCUT2D eigenvalue weighted by Crippen LogP contribution is 2.44. The van der Waals surface area contributed by atoms with E-state index in [4.69, 9.17) is 23.2 Å². The number of benzene rings is 2. The van der Waals surface area contributed by atoms with E-state index in [1.807, 2.05) is 48.5 Å². The first kappa shape index (κ1) is 15.9. The molecule has 22 heavy (non-hydrogen) atoms. The molecule has 2 aromatic carbocycles. The molecule has 0 atom stereocenters. The van der Waals surface area contributed by atoms with Gasteiger partial charge in [-0.3, -0.25) is 0 Å². The number of hydrogen-bond donors (Lipinski definition) is 1. The maximum Gasteiger partial charge on any atom is 0.117 e. The lowest BCUT2D eigenvalue weighted by Crippen LogP contribution is -2.37. The number of halogens is 2. The SMILES string of the molecule is OC(c1ccc(Cl)cc1)(c1ccc(Cl)cc1)C1CCCCC1. The van der Waals surface area contributed by atoms with Gasteiger partial charge in [-0.1, -0.05) is 66.7 Å². The lowest BCUT2D eigenvalue weighted by Gasteiger charge is -2.39. The van der Waals surface area contributed by atoms with E-state index in [2.05, 4.69) is 0 Å². The monoisotopic (exact) mass is 334 g/mol. The molecule has 3 rings (SSSR count). The van der Waals surface area contributed by atoms with Gasteiger partial charge in [0.2, 0.25) is 0 Å². The Morgan fingerprint density at radius 2 is 1.14 bits per heavy atom. The highest BCUT2D eigenvalue weighted by Gasteiger charge is 2.40. The zero-order valence-corrected chi connectivity index (χ0v) is 13.9. The second kappa shape index (κ2) is 6.62. The third kappa shape index (κ3) is 3.03. The van der Waals surface area contributed by atoms with Gasteiger partial charge in [-0.2, -0.15) is 0 Å². The summed E-state index contributed by atoms with van der Waals surface area (Å²) in [5, 5.41) is 13.0. The minimum Gasteiger partial charge on any atom is -0.380 e. The van der Waals surface area contributed by atoms with E-state index >= 15 is 0 Å². The molecule has 1 nitrogen and oxygen atoms in total. The van der Waals surface area contributed by atoms with Crippen LogP contribution in [0, 0.1) is 5.92 Å². The Hall–Kier alpha value is -1.02. The maximum absolute atomic E-state index is 11.7. The average molecular weight is 335 g/mol. The fourth-order valence-corrected chi connectivity index (χ4v) is 3.82. The molecule has 0 aromatic heterocycles. The Bertz CT molecular complexity index is 567. The molecule has 0 bridgehead atoms. The molecule has 0 unspecified atom stereocenters. The van der Waals surface area contributed by atoms with Crippen molar-refractivity contribution in [2.45, 2.75) is 37.7 Å². The molecule has 1 N–H and O–H groups in total. The molecule has 3 heteroatoms. The van der Waals surface area contributed by atoms with Crippen LogP contribution in [0.25, 0.3) is 0 Å². The second-order valence-electron chi connectivity index (χ2n) is 6.12. The minimum atomic E-state index is -0.977. The molecule has 1 saturated carbocycles. The summed E-state index contributed by atoms with van der Waals surface area (Å²) in [5.74, 6) is 0.226. The van der Waals surface area contributed by atoms with Crippen LogP contribution < -0.4 is 0 Å². The van der Waals surface area contributed by atoms with Gasteiger partial charge in [-0.15, -0.1) is 0 Å². The highest BCUT2D eigenvalue weighted by molar-refractivity contribution is 6.30. The second-order valence-corrected chi connectivity index (χ2v) is 6.99. The summed E-state index contributed by atoms with van der Waals surface area (Å²) in [4.78, 5) is 0. The van der Waals surface area contributed by atoms with Crippen LogP contribution >= 0.6 is 23.2 Å². The molecule has 0 radical (unpaired) electrons. The van der Waals surface area contributed by atoms with Crippen molar-refractivity contribution in [3.63, 3.8) is 0 Å². The van der Waals surface area contributed by atoms with Crippen molar-refractivity contribution >= 4 is 23.2 Å². The van der Waals surface area contributed by atoms with Crippen LogP contribution in [0.3, 0.4) is 0 Å². The first-order chi connectivity index (χ1) is 10.6. The van der Waals surface area contributed by atoms with Gasteiger partial charge in [0.15, 0.2) is 0 Å². The first-order valence-corrected chi connectivity index (χ1v) is 8.61. The number of aliphatic hydroxyl groups is 1. The molecule has 0 spiro atoms. The van der Waals surface area contributed by atoms with Crippen molar-refractivity contribution < 1.29 is 5.11 Å². The molecule has 1 aliphatic carbocycles. The van der Waals surface area contributed by atoms with Gasteiger partial charge in [0, 0.05) is 10.0 Å². The van der Waals surface area contributed by atoms with Crippen LogP contribution in [0.1, 0.15) is 43.2 Å². The van der Waals surface area contributed by atoms with Gasteiger partial charge in [0.05, 0.1) is 0 Å². The van der Waals surface area contributed by atoms with Crippen LogP contribution in [0.2, 0.25) is 10.0 Å². The van der Waals surface area contributed by atoms with Crippen molar-refractivity contribution in [3.8, 4) is 0 Å². The predicted molar refractivity (Wildman–Crippen MR) is 92.5 cm³/mol. The van der Waals surface area contributed by atoms with Gasteiger partial charge >= 0.3 is 0 Å². The van der Waals surface area contributed by atoms with Crippen LogP contribution in [-0.4, -0.2) is 5.11 Å². The normalized spacial score (nSPS) is 16.7. The Morgan fingerprint density at radius 3 is 1.55 bits per heavy atom. The lowest BCUT2D eigenvalue weighted by atomic mass is 9.70. The lowest BCUT2D eigenvalue weighted by molar-refractivity contribution is -0.000707. The van der Waals surface area contributed by atoms with Crippen LogP contribution in [-0.2, 0) is 5.60 Å². The van der Waals surface area contributed by atoms with Gasteiger partial charge in [-0.05, 0) is 54.2 Å². The fraction of sp³-hybridized carbons (Fsp3) is 0.368. The van der Waals surface area contributed by atoms with Gasteiger partial charge in [-0.25, -0.2) is 0 Å². The Kier molecular flexibility index (Phi) is 4.77. The van der Waals surface area contributed by atoms with Crippen molar-refractivity contribution in [3.05, 3.63) is 69.7 Å². The number of rotatable bonds is 3. The highest BCUT2D eigenvalue weighted by atomic mass is 35.5. The summed E-state index contributed by atoms with van der Waals surface area (Å²) < 4.78 is 0.